The summed E-state index contributed by atoms with van der Waals surface area (Å²) in [6, 6.07) is 0. The van der Waals surface area contributed by atoms with Crippen molar-refractivity contribution in [1.29, 1.82) is 0 Å². The van der Waals surface area contributed by atoms with Crippen molar-refractivity contribution in [1.82, 2.24) is 5.48 Å². The van der Waals surface area contributed by atoms with Crippen LogP contribution in [0.15, 0.2) is 23.4 Å². The molecule has 4 nitrogen and oxygen atoms in total. The Balaban J connectivity index is 1.64. The summed E-state index contributed by atoms with van der Waals surface area (Å²) in [6.07, 6.45) is 11.2. The predicted octanol–water partition coefficient (Wildman–Crippen LogP) is 4.13. The van der Waals surface area contributed by atoms with Gasteiger partial charge in [-0.15, -0.1) is 0 Å². The molecular weight excluding hydrogens is 336 g/mol. The lowest BCUT2D eigenvalue weighted by Crippen LogP contribution is -2.52. The zero-order chi connectivity index (χ0) is 19.4. The summed E-state index contributed by atoms with van der Waals surface area (Å²) in [5, 5.41) is 0. The summed E-state index contributed by atoms with van der Waals surface area (Å²) in [5.41, 5.74) is 11.5. The smallest absolute Gasteiger partial charge is 0.139 e. The lowest BCUT2D eigenvalue weighted by Gasteiger charge is -2.58. The van der Waals surface area contributed by atoms with Crippen LogP contribution < -0.4 is 11.2 Å². The van der Waals surface area contributed by atoms with Gasteiger partial charge in [0.1, 0.15) is 5.78 Å². The molecule has 4 heteroatoms. The first-order valence-corrected chi connectivity index (χ1v) is 10.8. The van der Waals surface area contributed by atoms with Crippen LogP contribution >= 0.6 is 0 Å². The number of carbonyl (C=O) groups is 1. The molecule has 27 heavy (non-hydrogen) atoms. The number of hydroxylamine groups is 1. The first-order valence-electron chi connectivity index (χ1n) is 10.8. The van der Waals surface area contributed by atoms with Crippen LogP contribution in [0.2, 0.25) is 0 Å². The fraction of sp³-hybridized carbons (Fsp3) is 0.783. The van der Waals surface area contributed by atoms with Crippen LogP contribution in [0.4, 0.5) is 0 Å². The van der Waals surface area contributed by atoms with Crippen LogP contribution in [0.5, 0.6) is 0 Å². The molecule has 0 radical (unpaired) electrons. The molecule has 2 fully saturated rings. The molecule has 5 atom stereocenters. The monoisotopic (exact) mass is 372 g/mol. The molecule has 0 bridgehead atoms. The maximum atomic E-state index is 12.6. The Kier molecular flexibility index (Phi) is 4.59. The Hall–Kier alpha value is -1.13. The molecule has 0 aromatic rings. The van der Waals surface area contributed by atoms with E-state index in [0.29, 0.717) is 36.7 Å². The Morgan fingerprint density at radius 1 is 1.15 bits per heavy atom. The van der Waals surface area contributed by atoms with E-state index < -0.39 is 0 Å². The van der Waals surface area contributed by atoms with Gasteiger partial charge in [0.15, 0.2) is 0 Å². The first-order chi connectivity index (χ1) is 12.7. The SMILES string of the molecule is CC1(C)C(NOCCN)=CC[C@@]2(C)C1=CC[C@@H]1[C@H]2CC[C@]2(C)C(=O)CC[C@@H]12. The van der Waals surface area contributed by atoms with Crippen molar-refractivity contribution in [2.24, 2.45) is 39.7 Å². The number of nitrogens with two attached hydrogens (primary N) is 1. The van der Waals surface area contributed by atoms with Crippen molar-refractivity contribution in [3.63, 3.8) is 0 Å². The molecule has 150 valence electrons. The highest BCUT2D eigenvalue weighted by atomic mass is 16.6. The average molecular weight is 373 g/mol. The Bertz CT molecular complexity index is 694. The van der Waals surface area contributed by atoms with Gasteiger partial charge in [-0.05, 0) is 55.3 Å². The molecule has 0 aliphatic heterocycles. The van der Waals surface area contributed by atoms with E-state index >= 15 is 0 Å². The molecule has 0 heterocycles. The molecule has 3 N–H and O–H groups in total. The summed E-state index contributed by atoms with van der Waals surface area (Å²) in [7, 11) is 0. The predicted molar refractivity (Wildman–Crippen MR) is 107 cm³/mol. The third-order valence-corrected chi connectivity index (χ3v) is 8.65. The molecule has 4 aliphatic carbocycles. The number of rotatable bonds is 4. The van der Waals surface area contributed by atoms with E-state index in [-0.39, 0.29) is 16.2 Å². The number of allylic oxidation sites excluding steroid dienone is 3. The van der Waals surface area contributed by atoms with Crippen LogP contribution in [0.25, 0.3) is 0 Å². The zero-order valence-electron chi connectivity index (χ0n) is 17.4. The standard InChI is InChI=1S/C23H36N2O2/c1-21(2)18-7-5-15-16-6-8-20(26)23(16,4)11-9-17(15)22(18,3)12-10-19(21)25-27-14-13-24/h7,10,15-17,25H,5-6,8-9,11-14,24H2,1-4H3/t15-,16-,17+,22+,23-/m0/s1. The quantitative estimate of drug-likeness (QED) is 0.442. The number of nitrogens with one attached hydrogen (secondary N) is 1. The molecule has 2 saturated carbocycles. The van der Waals surface area contributed by atoms with Gasteiger partial charge < -0.3 is 5.73 Å². The number of hydrogen-bond donors (Lipinski definition) is 2. The average Bonchev–Trinajstić information content (AvgIpc) is 2.92. The van der Waals surface area contributed by atoms with Crippen molar-refractivity contribution >= 4 is 5.78 Å². The van der Waals surface area contributed by atoms with Crippen molar-refractivity contribution in [2.75, 3.05) is 13.2 Å². The number of Topliss-reactive ketones (excluding diaryl/α,β-unsaturated/α-hetero) is 1. The van der Waals surface area contributed by atoms with Crippen LogP contribution in [-0.2, 0) is 9.63 Å². The van der Waals surface area contributed by atoms with E-state index in [1.54, 1.807) is 5.57 Å². The number of carbonyl (C=O) groups excluding carboxylic acids is 1. The minimum Gasteiger partial charge on any atom is -0.328 e. The second-order valence-corrected chi connectivity index (χ2v) is 10.3. The Labute approximate surface area is 163 Å². The third-order valence-electron chi connectivity index (χ3n) is 8.65. The molecule has 0 aromatic heterocycles. The maximum Gasteiger partial charge on any atom is 0.139 e. The highest BCUT2D eigenvalue weighted by Crippen LogP contribution is 2.66. The van der Waals surface area contributed by atoms with Gasteiger partial charge in [0.2, 0.25) is 0 Å². The van der Waals surface area contributed by atoms with Crippen molar-refractivity contribution < 1.29 is 9.63 Å². The molecule has 4 aliphatic rings. The largest absolute Gasteiger partial charge is 0.328 e. The lowest BCUT2D eigenvalue weighted by molar-refractivity contribution is -0.131. The van der Waals surface area contributed by atoms with Gasteiger partial charge in [0.25, 0.3) is 0 Å². The van der Waals surface area contributed by atoms with Crippen LogP contribution in [-0.4, -0.2) is 18.9 Å². The summed E-state index contributed by atoms with van der Waals surface area (Å²) >= 11 is 0. The summed E-state index contributed by atoms with van der Waals surface area (Å²) < 4.78 is 0. The summed E-state index contributed by atoms with van der Waals surface area (Å²) in [4.78, 5) is 18.1. The fourth-order valence-electron chi connectivity index (χ4n) is 7.17. The molecule has 0 saturated heterocycles. The molecule has 0 aromatic carbocycles. The van der Waals surface area contributed by atoms with Crippen LogP contribution in [0, 0.1) is 34.0 Å². The van der Waals surface area contributed by atoms with Crippen molar-refractivity contribution in [3.05, 3.63) is 23.4 Å². The van der Waals surface area contributed by atoms with E-state index in [0.717, 1.165) is 37.8 Å². The molecule has 0 amide bonds. The Morgan fingerprint density at radius 2 is 1.89 bits per heavy atom. The van der Waals surface area contributed by atoms with Gasteiger partial charge in [-0.3, -0.25) is 15.1 Å². The van der Waals surface area contributed by atoms with Crippen LogP contribution in [0.3, 0.4) is 0 Å². The van der Waals surface area contributed by atoms with Gasteiger partial charge in [-0.1, -0.05) is 45.4 Å². The van der Waals surface area contributed by atoms with Crippen molar-refractivity contribution in [2.45, 2.75) is 66.2 Å². The number of ketones is 1. The minimum absolute atomic E-state index is 0.0499. The second kappa shape index (κ2) is 6.45. The second-order valence-electron chi connectivity index (χ2n) is 10.3. The van der Waals surface area contributed by atoms with E-state index in [9.17, 15) is 4.79 Å². The van der Waals surface area contributed by atoms with Gasteiger partial charge in [-0.2, -0.15) is 0 Å². The highest BCUT2D eigenvalue weighted by molar-refractivity contribution is 5.87. The van der Waals surface area contributed by atoms with E-state index in [4.69, 9.17) is 10.6 Å². The third kappa shape index (κ3) is 2.66. The maximum absolute atomic E-state index is 12.6. The van der Waals surface area contributed by atoms with Crippen molar-refractivity contribution in [3.8, 4) is 0 Å². The normalized spacial score (nSPS) is 42.6. The van der Waals surface area contributed by atoms with E-state index in [1.807, 2.05) is 0 Å². The van der Waals surface area contributed by atoms with Gasteiger partial charge in [0.05, 0.1) is 6.61 Å². The first kappa shape index (κ1) is 19.2. The van der Waals surface area contributed by atoms with Gasteiger partial charge in [-0.25, -0.2) is 0 Å². The highest BCUT2D eigenvalue weighted by Gasteiger charge is 2.60. The van der Waals surface area contributed by atoms with Crippen LogP contribution in [0.1, 0.15) is 66.2 Å². The molecular formula is C23H36N2O2. The van der Waals surface area contributed by atoms with Gasteiger partial charge >= 0.3 is 0 Å². The minimum atomic E-state index is -0.0567. The summed E-state index contributed by atoms with van der Waals surface area (Å²) in [5.74, 6) is 2.45. The molecule has 0 unspecified atom stereocenters. The van der Waals surface area contributed by atoms with Gasteiger partial charge in [0, 0.05) is 29.5 Å². The number of fused-ring (bicyclic) bond motifs is 5. The lowest BCUT2D eigenvalue weighted by atomic mass is 9.46. The van der Waals surface area contributed by atoms with E-state index in [2.05, 4.69) is 45.3 Å². The number of hydrogen-bond acceptors (Lipinski definition) is 4. The summed E-state index contributed by atoms with van der Waals surface area (Å²) in [6.45, 7) is 10.4. The molecule has 0 spiro atoms. The van der Waals surface area contributed by atoms with E-state index in [1.165, 1.54) is 6.42 Å². The topological polar surface area (TPSA) is 64.3 Å². The zero-order valence-corrected chi connectivity index (χ0v) is 17.4. The fourth-order valence-corrected chi connectivity index (χ4v) is 7.17. The molecule has 4 rings (SSSR count). The Morgan fingerprint density at radius 3 is 2.63 bits per heavy atom.